The maximum Gasteiger partial charge on any atom is 0.251 e. The molecule has 0 aliphatic heterocycles. The molecule has 4 rings (SSSR count). The van der Waals surface area contributed by atoms with Crippen molar-refractivity contribution in [2.75, 3.05) is 5.32 Å². The third kappa shape index (κ3) is 4.08. The number of carbonyl (C=O) groups excluding carboxylic acids is 1. The summed E-state index contributed by atoms with van der Waals surface area (Å²) in [7, 11) is 0. The zero-order valence-electron chi connectivity index (χ0n) is 16.1. The van der Waals surface area contributed by atoms with Crippen LogP contribution in [0.3, 0.4) is 0 Å². The van der Waals surface area contributed by atoms with Gasteiger partial charge in [0.2, 0.25) is 0 Å². The molecule has 7 nitrogen and oxygen atoms in total. The molecule has 0 radical (unpaired) electrons. The Kier molecular flexibility index (Phi) is 4.95. The lowest BCUT2D eigenvalue weighted by Gasteiger charge is -2.14. The molecule has 7 heteroatoms. The second-order valence-electron chi connectivity index (χ2n) is 7.11. The Morgan fingerprint density at radius 3 is 2.62 bits per heavy atom. The van der Waals surface area contributed by atoms with E-state index < -0.39 is 0 Å². The first kappa shape index (κ1) is 18.6. The number of nitrogens with zero attached hydrogens (tertiary/aromatic N) is 2. The Morgan fingerprint density at radius 1 is 1.14 bits per heavy atom. The largest absolute Gasteiger partial charge is 0.349 e. The lowest BCUT2D eigenvalue weighted by atomic mass is 10.1. The number of rotatable bonds is 5. The molecule has 146 valence electrons. The van der Waals surface area contributed by atoms with Crippen molar-refractivity contribution in [2.24, 2.45) is 0 Å². The molecule has 1 fully saturated rings. The Bertz CT molecular complexity index is 1130. The van der Waals surface area contributed by atoms with Gasteiger partial charge in [0.05, 0.1) is 0 Å². The van der Waals surface area contributed by atoms with Gasteiger partial charge in [-0.25, -0.2) is 4.98 Å². The maximum atomic E-state index is 12.4. The highest BCUT2D eigenvalue weighted by Crippen LogP contribution is 2.22. The Hall–Kier alpha value is -3.74. The van der Waals surface area contributed by atoms with Crippen LogP contribution in [0.1, 0.15) is 34.3 Å². The van der Waals surface area contributed by atoms with Crippen molar-refractivity contribution in [1.29, 1.82) is 10.8 Å². The molecule has 1 aliphatic carbocycles. The summed E-state index contributed by atoms with van der Waals surface area (Å²) in [6.45, 7) is 1.93. The minimum Gasteiger partial charge on any atom is -0.349 e. The molecular formula is C22H22N6O. The minimum absolute atomic E-state index is 0.0635. The summed E-state index contributed by atoms with van der Waals surface area (Å²) in [6, 6.07) is 15.0. The quantitative estimate of drug-likeness (QED) is 0.400. The van der Waals surface area contributed by atoms with Crippen LogP contribution in [-0.2, 0) is 0 Å². The summed E-state index contributed by atoms with van der Waals surface area (Å²) >= 11 is 0. The van der Waals surface area contributed by atoms with Crippen LogP contribution >= 0.6 is 0 Å². The van der Waals surface area contributed by atoms with E-state index in [9.17, 15) is 4.79 Å². The van der Waals surface area contributed by atoms with Crippen molar-refractivity contribution in [1.82, 2.24) is 14.9 Å². The number of hydrogen-bond acceptors (Lipinski definition) is 5. The van der Waals surface area contributed by atoms with Crippen molar-refractivity contribution in [3.63, 3.8) is 0 Å². The van der Waals surface area contributed by atoms with Crippen molar-refractivity contribution in [3.8, 4) is 0 Å². The summed E-state index contributed by atoms with van der Waals surface area (Å²) in [5, 5.41) is 23.1. The molecule has 1 aromatic heterocycles. The molecule has 0 bridgehead atoms. The second kappa shape index (κ2) is 7.71. The van der Waals surface area contributed by atoms with Gasteiger partial charge >= 0.3 is 0 Å². The number of aryl methyl sites for hydroxylation is 1. The fraction of sp³-hybridized carbons (Fsp3) is 0.182. The summed E-state index contributed by atoms with van der Waals surface area (Å²) in [4.78, 5) is 16.6. The molecule has 4 N–H and O–H groups in total. The van der Waals surface area contributed by atoms with E-state index in [0.717, 1.165) is 18.4 Å². The Morgan fingerprint density at radius 2 is 1.90 bits per heavy atom. The summed E-state index contributed by atoms with van der Waals surface area (Å²) in [6.07, 6.45) is 5.21. The van der Waals surface area contributed by atoms with Gasteiger partial charge in [-0.1, -0.05) is 36.4 Å². The third-order valence-electron chi connectivity index (χ3n) is 4.84. The van der Waals surface area contributed by atoms with E-state index in [1.807, 2.05) is 43.3 Å². The van der Waals surface area contributed by atoms with E-state index in [1.54, 1.807) is 24.5 Å². The first-order valence-corrected chi connectivity index (χ1v) is 9.48. The van der Waals surface area contributed by atoms with Crippen LogP contribution in [0.2, 0.25) is 0 Å². The molecule has 1 heterocycles. The average molecular weight is 386 g/mol. The topological polar surface area (TPSA) is 107 Å². The van der Waals surface area contributed by atoms with E-state index in [2.05, 4.69) is 15.6 Å². The van der Waals surface area contributed by atoms with Crippen LogP contribution in [0.15, 0.2) is 60.9 Å². The number of anilines is 2. The number of nitrogens with one attached hydrogen (secondary N) is 4. The van der Waals surface area contributed by atoms with Gasteiger partial charge in [0.25, 0.3) is 5.91 Å². The van der Waals surface area contributed by atoms with Crippen LogP contribution in [-0.4, -0.2) is 27.3 Å². The van der Waals surface area contributed by atoms with Crippen LogP contribution in [0.4, 0.5) is 11.5 Å². The smallest absolute Gasteiger partial charge is 0.251 e. The van der Waals surface area contributed by atoms with E-state index in [0.29, 0.717) is 28.7 Å². The molecular weight excluding hydrogens is 364 g/mol. The molecule has 1 amide bonds. The Labute approximate surface area is 168 Å². The fourth-order valence-corrected chi connectivity index (χ4v) is 2.96. The normalized spacial score (nSPS) is 13.0. The summed E-state index contributed by atoms with van der Waals surface area (Å²) < 4.78 is 1.46. The van der Waals surface area contributed by atoms with Gasteiger partial charge in [-0.3, -0.25) is 20.2 Å². The van der Waals surface area contributed by atoms with E-state index in [-0.39, 0.29) is 17.2 Å². The van der Waals surface area contributed by atoms with Gasteiger partial charge in [-0.2, -0.15) is 0 Å². The molecule has 3 aromatic rings. The minimum atomic E-state index is -0.0939. The standard InChI is InChI=1S/C22H22N6O/c1-14-7-8-16(22(29)26-17-9-10-17)13-18(14)27-21-20(24)28(12-11-25-21)19(23)15-5-3-2-4-6-15/h2-8,11-13,17,23-24H,9-10H2,1H3,(H,25,27)(H,26,29). The van der Waals surface area contributed by atoms with Gasteiger partial charge in [-0.15, -0.1) is 0 Å². The predicted molar refractivity (Wildman–Crippen MR) is 112 cm³/mol. The Balaban J connectivity index is 1.62. The molecule has 1 saturated carbocycles. The van der Waals surface area contributed by atoms with Gasteiger partial charge in [-0.05, 0) is 37.5 Å². The monoisotopic (exact) mass is 386 g/mol. The number of carbonyl (C=O) groups is 1. The number of amides is 1. The first-order valence-electron chi connectivity index (χ1n) is 9.48. The highest BCUT2D eigenvalue weighted by atomic mass is 16.1. The summed E-state index contributed by atoms with van der Waals surface area (Å²) in [5.41, 5.74) is 2.98. The molecule has 0 unspecified atom stereocenters. The molecule has 0 saturated heterocycles. The fourth-order valence-electron chi connectivity index (χ4n) is 2.96. The number of hydrogen-bond donors (Lipinski definition) is 4. The summed E-state index contributed by atoms with van der Waals surface area (Å²) in [5.74, 6) is 0.412. The predicted octanol–water partition coefficient (Wildman–Crippen LogP) is 3.18. The maximum absolute atomic E-state index is 12.4. The van der Waals surface area contributed by atoms with Crippen LogP contribution in [0.25, 0.3) is 0 Å². The van der Waals surface area contributed by atoms with E-state index in [1.165, 1.54) is 4.57 Å². The van der Waals surface area contributed by atoms with Gasteiger partial charge < -0.3 is 10.6 Å². The molecule has 0 atom stereocenters. The molecule has 0 spiro atoms. The molecule has 1 aliphatic rings. The molecule has 29 heavy (non-hydrogen) atoms. The van der Waals surface area contributed by atoms with Crippen molar-refractivity contribution in [2.45, 2.75) is 25.8 Å². The third-order valence-corrected chi connectivity index (χ3v) is 4.84. The lowest BCUT2D eigenvalue weighted by molar-refractivity contribution is 0.0951. The van der Waals surface area contributed by atoms with Crippen LogP contribution in [0.5, 0.6) is 0 Å². The zero-order chi connectivity index (χ0) is 20.4. The van der Waals surface area contributed by atoms with E-state index >= 15 is 0 Å². The number of aromatic nitrogens is 2. The molecule has 2 aromatic carbocycles. The lowest BCUT2D eigenvalue weighted by Crippen LogP contribution is -2.29. The zero-order valence-corrected chi connectivity index (χ0v) is 16.1. The first-order chi connectivity index (χ1) is 14.0. The van der Waals surface area contributed by atoms with Gasteiger partial charge in [0, 0.05) is 35.2 Å². The van der Waals surface area contributed by atoms with Crippen molar-refractivity contribution < 1.29 is 4.79 Å². The SMILES string of the molecule is Cc1ccc(C(=O)NC2CC2)cc1Nc1nccn(C(=N)c2ccccc2)c1=N. The van der Waals surface area contributed by atoms with Gasteiger partial charge in [0.1, 0.15) is 5.84 Å². The number of benzene rings is 2. The van der Waals surface area contributed by atoms with Crippen LogP contribution in [0, 0.1) is 17.7 Å². The van der Waals surface area contributed by atoms with Crippen LogP contribution < -0.4 is 16.1 Å². The van der Waals surface area contributed by atoms with Gasteiger partial charge in [0.15, 0.2) is 11.3 Å². The van der Waals surface area contributed by atoms with E-state index in [4.69, 9.17) is 10.8 Å². The highest BCUT2D eigenvalue weighted by Gasteiger charge is 2.24. The van der Waals surface area contributed by atoms with Crippen molar-refractivity contribution in [3.05, 3.63) is 83.1 Å². The highest BCUT2D eigenvalue weighted by molar-refractivity contribution is 5.98. The average Bonchev–Trinajstić information content (AvgIpc) is 3.55. The second-order valence-corrected chi connectivity index (χ2v) is 7.11. The van der Waals surface area contributed by atoms with Crippen molar-refractivity contribution >= 4 is 23.2 Å².